The van der Waals surface area contributed by atoms with Crippen molar-refractivity contribution in [2.45, 2.75) is 30.2 Å². The summed E-state index contributed by atoms with van der Waals surface area (Å²) < 4.78 is 0. The van der Waals surface area contributed by atoms with Crippen LogP contribution in [0.5, 0.6) is 0 Å². The van der Waals surface area contributed by atoms with E-state index in [9.17, 15) is 9.90 Å². The zero-order valence-electron chi connectivity index (χ0n) is 8.85. The van der Waals surface area contributed by atoms with Gasteiger partial charge in [-0.1, -0.05) is 18.5 Å². The maximum absolute atomic E-state index is 10.8. The molecule has 1 aromatic heterocycles. The van der Waals surface area contributed by atoms with E-state index in [4.69, 9.17) is 16.7 Å². The predicted octanol–water partition coefficient (Wildman–Crippen LogP) is 2.29. The van der Waals surface area contributed by atoms with Gasteiger partial charge in [0.1, 0.15) is 0 Å². The molecule has 2 unspecified atom stereocenters. The van der Waals surface area contributed by atoms with Crippen molar-refractivity contribution in [3.8, 4) is 0 Å². The van der Waals surface area contributed by atoms with Gasteiger partial charge in [0.2, 0.25) is 0 Å². The lowest BCUT2D eigenvalue weighted by molar-refractivity contribution is 0.0690. The predicted molar refractivity (Wildman–Crippen MR) is 63.2 cm³/mol. The molecule has 88 valence electrons. The Labute approximate surface area is 103 Å². The summed E-state index contributed by atoms with van der Waals surface area (Å²) in [6.07, 6.45) is -0.490. The topological polar surface area (TPSA) is 70.4 Å². The van der Waals surface area contributed by atoms with Crippen LogP contribution >= 0.6 is 23.4 Å². The van der Waals surface area contributed by atoms with Crippen molar-refractivity contribution in [2.75, 3.05) is 0 Å². The number of hydrogen-bond acceptors (Lipinski definition) is 4. The molecule has 0 aliphatic rings. The number of carboxylic acid groups (broad SMARTS) is 1. The number of hydrogen-bond donors (Lipinski definition) is 2. The normalized spacial score (nSPS) is 14.5. The molecule has 0 saturated carbocycles. The summed E-state index contributed by atoms with van der Waals surface area (Å²) in [4.78, 5) is 14.7. The summed E-state index contributed by atoms with van der Waals surface area (Å²) in [5.41, 5.74) is -0.163. The highest BCUT2D eigenvalue weighted by Crippen LogP contribution is 2.26. The maximum atomic E-state index is 10.8. The van der Waals surface area contributed by atoms with Gasteiger partial charge in [-0.3, -0.25) is 0 Å². The van der Waals surface area contributed by atoms with Gasteiger partial charge in [-0.2, -0.15) is 0 Å². The van der Waals surface area contributed by atoms with Gasteiger partial charge in [0.05, 0.1) is 16.2 Å². The van der Waals surface area contributed by atoms with E-state index in [2.05, 4.69) is 4.98 Å². The molecule has 2 N–H and O–H groups in total. The number of aromatic carboxylic acids is 1. The van der Waals surface area contributed by atoms with E-state index in [0.29, 0.717) is 5.03 Å². The molecule has 0 aliphatic carbocycles. The third-order valence-corrected chi connectivity index (χ3v) is 3.55. The Hall–Kier alpha value is -0.780. The number of halogens is 1. The van der Waals surface area contributed by atoms with Crippen molar-refractivity contribution in [2.24, 2.45) is 0 Å². The molecule has 6 heteroatoms. The summed E-state index contributed by atoms with van der Waals surface area (Å²) in [6.45, 7) is 3.51. The first-order valence-corrected chi connectivity index (χ1v) is 5.92. The molecule has 0 saturated heterocycles. The Morgan fingerprint density at radius 3 is 2.62 bits per heavy atom. The van der Waals surface area contributed by atoms with E-state index < -0.39 is 12.1 Å². The number of aromatic nitrogens is 1. The molecule has 0 radical (unpaired) electrons. The molecule has 0 fully saturated rings. The van der Waals surface area contributed by atoms with Crippen LogP contribution in [-0.2, 0) is 0 Å². The molecule has 16 heavy (non-hydrogen) atoms. The summed E-state index contributed by atoms with van der Waals surface area (Å²) in [7, 11) is 0. The fourth-order valence-corrected chi connectivity index (χ4v) is 1.98. The van der Waals surface area contributed by atoms with Crippen LogP contribution in [0.25, 0.3) is 0 Å². The molecule has 0 amide bonds. The fraction of sp³-hybridized carbons (Fsp3) is 0.400. The van der Waals surface area contributed by atoms with Crippen LogP contribution in [0.15, 0.2) is 17.2 Å². The Bertz CT molecular complexity index is 398. The van der Waals surface area contributed by atoms with Crippen molar-refractivity contribution >= 4 is 29.3 Å². The molecule has 0 spiro atoms. The van der Waals surface area contributed by atoms with Crippen LogP contribution in [0.2, 0.25) is 5.02 Å². The van der Waals surface area contributed by atoms with Gasteiger partial charge in [-0.15, -0.1) is 11.8 Å². The Kier molecular flexibility index (Phi) is 4.58. The Morgan fingerprint density at radius 1 is 1.50 bits per heavy atom. The highest BCUT2D eigenvalue weighted by atomic mass is 35.5. The average molecular weight is 262 g/mol. The Balaban J connectivity index is 2.91. The number of aliphatic hydroxyl groups excluding tert-OH is 1. The summed E-state index contributed by atoms with van der Waals surface area (Å²) >= 11 is 7.00. The minimum atomic E-state index is -1.16. The Morgan fingerprint density at radius 2 is 2.12 bits per heavy atom. The van der Waals surface area contributed by atoms with Crippen LogP contribution < -0.4 is 0 Å². The SMILES string of the molecule is CC(O)C(C)Sc1ccc(Cl)c(C(=O)O)n1. The molecule has 1 heterocycles. The lowest BCUT2D eigenvalue weighted by Crippen LogP contribution is -2.15. The zero-order valence-corrected chi connectivity index (χ0v) is 10.4. The van der Waals surface area contributed by atoms with Crippen LogP contribution in [0.1, 0.15) is 24.3 Å². The van der Waals surface area contributed by atoms with Crippen molar-refractivity contribution in [3.05, 3.63) is 22.8 Å². The first-order valence-electron chi connectivity index (χ1n) is 4.66. The highest BCUT2D eigenvalue weighted by molar-refractivity contribution is 7.99. The largest absolute Gasteiger partial charge is 0.476 e. The summed E-state index contributed by atoms with van der Waals surface area (Å²) in [5, 5.41) is 18.7. The first-order chi connectivity index (χ1) is 7.41. The van der Waals surface area contributed by atoms with Crippen LogP contribution in [-0.4, -0.2) is 32.5 Å². The molecule has 0 aromatic carbocycles. The minimum absolute atomic E-state index is 0.0599. The maximum Gasteiger partial charge on any atom is 0.356 e. The second-order valence-corrected chi connectivity index (χ2v) is 5.15. The van der Waals surface area contributed by atoms with Crippen molar-refractivity contribution in [1.82, 2.24) is 4.98 Å². The number of carbonyl (C=O) groups is 1. The summed E-state index contributed by atoms with van der Waals surface area (Å²) in [5.74, 6) is -1.16. The monoisotopic (exact) mass is 261 g/mol. The van der Waals surface area contributed by atoms with E-state index >= 15 is 0 Å². The number of rotatable bonds is 4. The molecular formula is C10H12ClNO3S. The second kappa shape index (κ2) is 5.52. The number of pyridine rings is 1. The van der Waals surface area contributed by atoms with Gasteiger partial charge in [-0.05, 0) is 19.1 Å². The molecule has 0 bridgehead atoms. The van der Waals surface area contributed by atoms with Crippen molar-refractivity contribution < 1.29 is 15.0 Å². The number of thioether (sulfide) groups is 1. The fourth-order valence-electron chi connectivity index (χ4n) is 0.929. The van der Waals surface area contributed by atoms with E-state index in [-0.39, 0.29) is 16.0 Å². The lowest BCUT2D eigenvalue weighted by Gasteiger charge is -2.13. The molecular weight excluding hydrogens is 250 g/mol. The number of carboxylic acids is 1. The number of nitrogens with zero attached hydrogens (tertiary/aromatic N) is 1. The third-order valence-electron chi connectivity index (χ3n) is 2.01. The van der Waals surface area contributed by atoms with E-state index in [1.54, 1.807) is 13.0 Å². The van der Waals surface area contributed by atoms with E-state index in [1.807, 2.05) is 6.92 Å². The zero-order chi connectivity index (χ0) is 12.3. The van der Waals surface area contributed by atoms with Gasteiger partial charge < -0.3 is 10.2 Å². The number of aliphatic hydroxyl groups is 1. The van der Waals surface area contributed by atoms with Crippen LogP contribution in [0, 0.1) is 0 Å². The van der Waals surface area contributed by atoms with E-state index in [0.717, 1.165) is 0 Å². The highest BCUT2D eigenvalue weighted by Gasteiger charge is 2.15. The van der Waals surface area contributed by atoms with Gasteiger partial charge in [-0.25, -0.2) is 9.78 Å². The second-order valence-electron chi connectivity index (χ2n) is 3.35. The van der Waals surface area contributed by atoms with Crippen LogP contribution in [0.4, 0.5) is 0 Å². The minimum Gasteiger partial charge on any atom is -0.476 e. The van der Waals surface area contributed by atoms with Crippen molar-refractivity contribution in [3.63, 3.8) is 0 Å². The standard InChI is InChI=1S/C10H12ClNO3S/c1-5(13)6(2)16-8-4-3-7(11)9(12-8)10(14)15/h3-6,13H,1-2H3,(H,14,15). The molecule has 4 nitrogen and oxygen atoms in total. The van der Waals surface area contributed by atoms with E-state index in [1.165, 1.54) is 17.8 Å². The quantitative estimate of drug-likeness (QED) is 0.814. The first kappa shape index (κ1) is 13.3. The van der Waals surface area contributed by atoms with Crippen molar-refractivity contribution in [1.29, 1.82) is 0 Å². The molecule has 1 aromatic rings. The third kappa shape index (κ3) is 3.37. The van der Waals surface area contributed by atoms with Gasteiger partial charge >= 0.3 is 5.97 Å². The average Bonchev–Trinajstić information content (AvgIpc) is 2.20. The smallest absolute Gasteiger partial charge is 0.356 e. The van der Waals surface area contributed by atoms with Gasteiger partial charge in [0.15, 0.2) is 5.69 Å². The molecule has 0 aliphatic heterocycles. The van der Waals surface area contributed by atoms with Gasteiger partial charge in [0, 0.05) is 5.25 Å². The summed E-state index contributed by atoms with van der Waals surface area (Å²) in [6, 6.07) is 3.13. The molecule has 2 atom stereocenters. The lowest BCUT2D eigenvalue weighted by atomic mass is 10.3. The van der Waals surface area contributed by atoms with Gasteiger partial charge in [0.25, 0.3) is 0 Å². The molecule has 1 rings (SSSR count). The van der Waals surface area contributed by atoms with Crippen LogP contribution in [0.3, 0.4) is 0 Å².